The van der Waals surface area contributed by atoms with E-state index in [1.54, 1.807) is 16.8 Å². The summed E-state index contributed by atoms with van der Waals surface area (Å²) in [7, 11) is 0. The van der Waals surface area contributed by atoms with Gasteiger partial charge < -0.3 is 0 Å². The Labute approximate surface area is 87.6 Å². The fourth-order valence-corrected chi connectivity index (χ4v) is 1.46. The first-order valence-corrected chi connectivity index (χ1v) is 4.75. The predicted octanol–water partition coefficient (Wildman–Crippen LogP) is 2.33. The summed E-state index contributed by atoms with van der Waals surface area (Å²) < 4.78 is 14.6. The molecule has 4 heteroatoms. The summed E-state index contributed by atoms with van der Waals surface area (Å²) in [5, 5.41) is 4.31. The number of pyridine rings is 1. The molecule has 3 nitrogen and oxygen atoms in total. The Kier molecular flexibility index (Phi) is 2.26. The lowest BCUT2D eigenvalue weighted by atomic mass is 10.2. The molecule has 0 saturated carbocycles. The summed E-state index contributed by atoms with van der Waals surface area (Å²) in [6.45, 7) is 5.87. The molecule has 78 valence electrons. The van der Waals surface area contributed by atoms with Gasteiger partial charge in [0.15, 0.2) is 5.82 Å². The minimum Gasteiger partial charge on any atom is -0.219 e. The molecule has 0 N–H and O–H groups in total. The van der Waals surface area contributed by atoms with Crippen molar-refractivity contribution in [1.82, 2.24) is 14.8 Å². The summed E-state index contributed by atoms with van der Waals surface area (Å²) in [6, 6.07) is 4.69. The van der Waals surface area contributed by atoms with Gasteiger partial charge in [-0.2, -0.15) is 9.49 Å². The van der Waals surface area contributed by atoms with E-state index in [-0.39, 0.29) is 0 Å². The quantitative estimate of drug-likeness (QED) is 0.669. The number of hydrogen-bond acceptors (Lipinski definition) is 2. The molecule has 0 unspecified atom stereocenters. The van der Waals surface area contributed by atoms with Gasteiger partial charge in [-0.1, -0.05) is 6.07 Å². The second-order valence-electron chi connectivity index (χ2n) is 3.53. The van der Waals surface area contributed by atoms with Gasteiger partial charge in [-0.15, -0.1) is 0 Å². The van der Waals surface area contributed by atoms with Crippen molar-refractivity contribution in [3.63, 3.8) is 0 Å². The van der Waals surface area contributed by atoms with Gasteiger partial charge in [-0.05, 0) is 38.5 Å². The third kappa shape index (κ3) is 1.63. The van der Waals surface area contributed by atoms with Gasteiger partial charge in [-0.3, -0.25) is 0 Å². The van der Waals surface area contributed by atoms with E-state index in [1.807, 2.05) is 20.8 Å². The van der Waals surface area contributed by atoms with Crippen LogP contribution in [0.4, 0.5) is 4.39 Å². The van der Waals surface area contributed by atoms with Crippen molar-refractivity contribution in [3.8, 4) is 5.82 Å². The first kappa shape index (κ1) is 9.83. The van der Waals surface area contributed by atoms with E-state index in [1.165, 1.54) is 6.07 Å². The number of aromatic nitrogens is 3. The van der Waals surface area contributed by atoms with E-state index < -0.39 is 5.95 Å². The largest absolute Gasteiger partial charge is 0.219 e. The van der Waals surface area contributed by atoms with Crippen LogP contribution in [0.1, 0.15) is 17.0 Å². The molecule has 2 aromatic heterocycles. The average Bonchev–Trinajstić information content (AvgIpc) is 2.46. The fourth-order valence-electron chi connectivity index (χ4n) is 1.46. The van der Waals surface area contributed by atoms with Crippen molar-refractivity contribution >= 4 is 0 Å². The van der Waals surface area contributed by atoms with E-state index in [4.69, 9.17) is 0 Å². The van der Waals surface area contributed by atoms with E-state index >= 15 is 0 Å². The van der Waals surface area contributed by atoms with Crippen molar-refractivity contribution < 1.29 is 4.39 Å². The summed E-state index contributed by atoms with van der Waals surface area (Å²) in [4.78, 5) is 3.79. The first-order chi connectivity index (χ1) is 7.09. The molecule has 0 radical (unpaired) electrons. The van der Waals surface area contributed by atoms with Crippen molar-refractivity contribution in [1.29, 1.82) is 0 Å². The zero-order chi connectivity index (χ0) is 11.0. The standard InChI is InChI=1S/C11H12FN3/c1-7-8(2)14-15(9(7)3)11-6-4-5-10(12)13-11/h4-6H,1-3H3. The number of nitrogens with zero attached hydrogens (tertiary/aromatic N) is 3. The molecule has 0 amide bonds. The zero-order valence-electron chi connectivity index (χ0n) is 8.95. The lowest BCUT2D eigenvalue weighted by molar-refractivity contribution is 0.576. The molecule has 0 fully saturated rings. The topological polar surface area (TPSA) is 30.7 Å². The Morgan fingerprint density at radius 2 is 1.93 bits per heavy atom. The molecule has 0 bridgehead atoms. The third-order valence-electron chi connectivity index (χ3n) is 2.57. The first-order valence-electron chi connectivity index (χ1n) is 4.75. The molecule has 2 aromatic rings. The van der Waals surface area contributed by atoms with E-state index in [0.717, 1.165) is 17.0 Å². The molecule has 0 atom stereocenters. The lowest BCUT2D eigenvalue weighted by Crippen LogP contribution is -2.02. The maximum atomic E-state index is 12.9. The third-order valence-corrected chi connectivity index (χ3v) is 2.57. The minimum atomic E-state index is -0.488. The summed E-state index contributed by atoms with van der Waals surface area (Å²) in [6.07, 6.45) is 0. The van der Waals surface area contributed by atoms with Crippen LogP contribution in [0, 0.1) is 26.7 Å². The van der Waals surface area contributed by atoms with Crippen molar-refractivity contribution in [2.75, 3.05) is 0 Å². The fraction of sp³-hybridized carbons (Fsp3) is 0.273. The summed E-state index contributed by atoms with van der Waals surface area (Å²) in [5.41, 5.74) is 3.05. The number of hydrogen-bond donors (Lipinski definition) is 0. The second-order valence-corrected chi connectivity index (χ2v) is 3.53. The molecule has 0 aliphatic heterocycles. The summed E-state index contributed by atoms with van der Waals surface area (Å²) in [5.74, 6) is 0.0291. The average molecular weight is 205 g/mol. The minimum absolute atomic E-state index is 0.488. The SMILES string of the molecule is Cc1nn(-c2cccc(F)n2)c(C)c1C. The van der Waals surface area contributed by atoms with Gasteiger partial charge in [0, 0.05) is 5.69 Å². The molecular formula is C11H12FN3. The van der Waals surface area contributed by atoms with Gasteiger partial charge in [0.05, 0.1) is 5.69 Å². The zero-order valence-corrected chi connectivity index (χ0v) is 8.95. The molecule has 0 aliphatic rings. The van der Waals surface area contributed by atoms with Crippen molar-refractivity contribution in [2.24, 2.45) is 0 Å². The monoisotopic (exact) mass is 205 g/mol. The van der Waals surface area contributed by atoms with Gasteiger partial charge in [-0.25, -0.2) is 9.67 Å². The maximum absolute atomic E-state index is 12.9. The molecule has 0 saturated heterocycles. The molecule has 0 aromatic carbocycles. The van der Waals surface area contributed by atoms with E-state index in [9.17, 15) is 4.39 Å². The molecule has 2 heterocycles. The van der Waals surface area contributed by atoms with Crippen LogP contribution in [0.15, 0.2) is 18.2 Å². The number of aryl methyl sites for hydroxylation is 1. The number of rotatable bonds is 1. The Morgan fingerprint density at radius 1 is 1.20 bits per heavy atom. The van der Waals surface area contributed by atoms with Gasteiger partial charge >= 0.3 is 0 Å². The van der Waals surface area contributed by atoms with E-state index in [2.05, 4.69) is 10.1 Å². The smallest absolute Gasteiger partial charge is 0.214 e. The maximum Gasteiger partial charge on any atom is 0.214 e. The van der Waals surface area contributed by atoms with Crippen LogP contribution >= 0.6 is 0 Å². The van der Waals surface area contributed by atoms with Crippen LogP contribution in [0.5, 0.6) is 0 Å². The van der Waals surface area contributed by atoms with Crippen molar-refractivity contribution in [3.05, 3.63) is 41.1 Å². The molecule has 2 rings (SSSR count). The van der Waals surface area contributed by atoms with Gasteiger partial charge in [0.2, 0.25) is 5.95 Å². The molecule has 15 heavy (non-hydrogen) atoms. The van der Waals surface area contributed by atoms with Crippen LogP contribution in [0.2, 0.25) is 0 Å². The Bertz CT molecular complexity index is 503. The molecule has 0 spiro atoms. The van der Waals surface area contributed by atoms with Crippen LogP contribution in [-0.2, 0) is 0 Å². The highest BCUT2D eigenvalue weighted by Gasteiger charge is 2.09. The second kappa shape index (κ2) is 3.46. The van der Waals surface area contributed by atoms with Crippen LogP contribution in [0.25, 0.3) is 5.82 Å². The number of halogens is 1. The van der Waals surface area contributed by atoms with Crippen LogP contribution < -0.4 is 0 Å². The summed E-state index contributed by atoms with van der Waals surface area (Å²) >= 11 is 0. The van der Waals surface area contributed by atoms with Gasteiger partial charge in [0.1, 0.15) is 0 Å². The van der Waals surface area contributed by atoms with Crippen LogP contribution in [0.3, 0.4) is 0 Å². The van der Waals surface area contributed by atoms with Crippen molar-refractivity contribution in [2.45, 2.75) is 20.8 Å². The molecule has 0 aliphatic carbocycles. The van der Waals surface area contributed by atoms with E-state index in [0.29, 0.717) is 5.82 Å². The predicted molar refractivity (Wildman–Crippen MR) is 55.5 cm³/mol. The normalized spacial score (nSPS) is 10.7. The molecular weight excluding hydrogens is 193 g/mol. The lowest BCUT2D eigenvalue weighted by Gasteiger charge is -2.02. The highest BCUT2D eigenvalue weighted by molar-refractivity contribution is 5.31. The Balaban J connectivity index is 2.59. The Morgan fingerprint density at radius 3 is 2.47 bits per heavy atom. The van der Waals surface area contributed by atoms with Gasteiger partial charge in [0.25, 0.3) is 0 Å². The highest BCUT2D eigenvalue weighted by Crippen LogP contribution is 2.15. The Hall–Kier alpha value is -1.71. The highest BCUT2D eigenvalue weighted by atomic mass is 19.1. The van der Waals surface area contributed by atoms with Crippen LogP contribution in [-0.4, -0.2) is 14.8 Å².